The number of benzene rings is 1. The van der Waals surface area contributed by atoms with E-state index >= 15 is 0 Å². The highest BCUT2D eigenvalue weighted by molar-refractivity contribution is 5.59. The summed E-state index contributed by atoms with van der Waals surface area (Å²) in [6.45, 7) is 9.70. The van der Waals surface area contributed by atoms with Crippen molar-refractivity contribution < 1.29 is 0 Å². The lowest BCUT2D eigenvalue weighted by Crippen LogP contribution is -2.10. The molecule has 0 atom stereocenters. The van der Waals surface area contributed by atoms with Crippen molar-refractivity contribution in [3.8, 4) is 11.3 Å². The molecule has 0 saturated heterocycles. The van der Waals surface area contributed by atoms with Crippen molar-refractivity contribution in [3.63, 3.8) is 0 Å². The van der Waals surface area contributed by atoms with E-state index in [4.69, 9.17) is 0 Å². The van der Waals surface area contributed by atoms with Gasteiger partial charge in [0.2, 0.25) is 0 Å². The number of nitrogens with zero attached hydrogens (tertiary/aromatic N) is 2. The SMILES string of the molecule is CCn1ccc(-c2ccc(C(C)(C)C)cc2)n1. The molecule has 1 heterocycles. The third kappa shape index (κ3) is 2.57. The van der Waals surface area contributed by atoms with Crippen LogP contribution < -0.4 is 0 Å². The highest BCUT2D eigenvalue weighted by Gasteiger charge is 2.13. The molecule has 0 unspecified atom stereocenters. The molecule has 0 aliphatic carbocycles. The van der Waals surface area contributed by atoms with Gasteiger partial charge in [0.05, 0.1) is 5.69 Å². The normalized spacial score (nSPS) is 11.8. The van der Waals surface area contributed by atoms with Crippen LogP contribution in [-0.2, 0) is 12.0 Å². The van der Waals surface area contributed by atoms with Crippen LogP contribution in [0, 0.1) is 0 Å². The van der Waals surface area contributed by atoms with Crippen molar-refractivity contribution in [2.24, 2.45) is 0 Å². The van der Waals surface area contributed by atoms with Crippen molar-refractivity contribution in [1.82, 2.24) is 9.78 Å². The number of rotatable bonds is 2. The quantitative estimate of drug-likeness (QED) is 0.763. The van der Waals surface area contributed by atoms with Gasteiger partial charge >= 0.3 is 0 Å². The molecule has 2 nitrogen and oxygen atoms in total. The smallest absolute Gasteiger partial charge is 0.0923 e. The lowest BCUT2D eigenvalue weighted by Gasteiger charge is -2.18. The average molecular weight is 228 g/mol. The summed E-state index contributed by atoms with van der Waals surface area (Å²) >= 11 is 0. The Morgan fingerprint density at radius 1 is 1.06 bits per heavy atom. The molecule has 0 radical (unpaired) electrons. The highest BCUT2D eigenvalue weighted by Crippen LogP contribution is 2.25. The van der Waals surface area contributed by atoms with Gasteiger partial charge in [-0.15, -0.1) is 0 Å². The third-order valence-corrected chi connectivity index (χ3v) is 3.01. The summed E-state index contributed by atoms with van der Waals surface area (Å²) in [6.07, 6.45) is 2.02. The Morgan fingerprint density at radius 3 is 2.18 bits per heavy atom. The number of aromatic nitrogens is 2. The van der Waals surface area contributed by atoms with E-state index in [1.807, 2.05) is 10.9 Å². The van der Waals surface area contributed by atoms with Crippen LogP contribution in [0.15, 0.2) is 36.5 Å². The first-order valence-electron chi connectivity index (χ1n) is 6.15. The van der Waals surface area contributed by atoms with Crippen molar-refractivity contribution in [2.75, 3.05) is 0 Å². The van der Waals surface area contributed by atoms with Gasteiger partial charge < -0.3 is 0 Å². The van der Waals surface area contributed by atoms with E-state index in [1.54, 1.807) is 0 Å². The van der Waals surface area contributed by atoms with Crippen LogP contribution in [0.2, 0.25) is 0 Å². The largest absolute Gasteiger partial charge is 0.272 e. The van der Waals surface area contributed by atoms with Crippen LogP contribution in [0.25, 0.3) is 11.3 Å². The van der Waals surface area contributed by atoms with Gasteiger partial charge in [-0.3, -0.25) is 4.68 Å². The Kier molecular flexibility index (Phi) is 3.05. The first-order chi connectivity index (χ1) is 8.00. The van der Waals surface area contributed by atoms with Crippen molar-refractivity contribution in [1.29, 1.82) is 0 Å². The fourth-order valence-corrected chi connectivity index (χ4v) is 1.83. The Hall–Kier alpha value is -1.57. The molecule has 1 aromatic carbocycles. The lowest BCUT2D eigenvalue weighted by atomic mass is 9.86. The van der Waals surface area contributed by atoms with E-state index in [9.17, 15) is 0 Å². The monoisotopic (exact) mass is 228 g/mol. The standard InChI is InChI=1S/C15H20N2/c1-5-17-11-10-14(16-17)12-6-8-13(9-7-12)15(2,3)4/h6-11H,5H2,1-4H3. The third-order valence-electron chi connectivity index (χ3n) is 3.01. The Labute approximate surface area is 103 Å². The van der Waals surface area contributed by atoms with Crippen LogP contribution in [-0.4, -0.2) is 9.78 Å². The van der Waals surface area contributed by atoms with E-state index in [1.165, 1.54) is 11.1 Å². The molecule has 1 aromatic heterocycles. The van der Waals surface area contributed by atoms with Crippen molar-refractivity contribution in [2.45, 2.75) is 39.7 Å². The average Bonchev–Trinajstić information content (AvgIpc) is 2.76. The molecular weight excluding hydrogens is 208 g/mol. The zero-order chi connectivity index (χ0) is 12.5. The van der Waals surface area contributed by atoms with Crippen LogP contribution in [0.1, 0.15) is 33.3 Å². The molecule has 0 aliphatic heterocycles. The molecule has 0 bridgehead atoms. The van der Waals surface area contributed by atoms with Gasteiger partial charge in [-0.25, -0.2) is 0 Å². The van der Waals surface area contributed by atoms with Crippen LogP contribution in [0.3, 0.4) is 0 Å². The summed E-state index contributed by atoms with van der Waals surface area (Å²) in [5, 5.41) is 4.51. The maximum Gasteiger partial charge on any atom is 0.0923 e. The fraction of sp³-hybridized carbons (Fsp3) is 0.400. The zero-order valence-electron chi connectivity index (χ0n) is 11.1. The molecule has 2 aromatic rings. The first kappa shape index (κ1) is 11.9. The number of aryl methyl sites for hydroxylation is 1. The minimum absolute atomic E-state index is 0.210. The zero-order valence-corrected chi connectivity index (χ0v) is 11.1. The highest BCUT2D eigenvalue weighted by atomic mass is 15.3. The van der Waals surface area contributed by atoms with Gasteiger partial charge in [-0.2, -0.15) is 5.10 Å². The number of hydrogen-bond donors (Lipinski definition) is 0. The van der Waals surface area contributed by atoms with Crippen molar-refractivity contribution >= 4 is 0 Å². The first-order valence-corrected chi connectivity index (χ1v) is 6.15. The summed E-state index contributed by atoms with van der Waals surface area (Å²) in [4.78, 5) is 0. The minimum Gasteiger partial charge on any atom is -0.272 e. The predicted octanol–water partition coefficient (Wildman–Crippen LogP) is 3.87. The summed E-state index contributed by atoms with van der Waals surface area (Å²) in [5.41, 5.74) is 3.80. The summed E-state index contributed by atoms with van der Waals surface area (Å²) in [5.74, 6) is 0. The molecule has 17 heavy (non-hydrogen) atoms. The molecule has 0 amide bonds. The maximum atomic E-state index is 4.51. The molecule has 2 rings (SSSR count). The van der Waals surface area contributed by atoms with Crippen LogP contribution in [0.4, 0.5) is 0 Å². The Bertz CT molecular complexity index is 486. The summed E-state index contributed by atoms with van der Waals surface area (Å²) in [6, 6.07) is 10.8. The second kappa shape index (κ2) is 4.36. The van der Waals surface area contributed by atoms with Gasteiger partial charge in [0.1, 0.15) is 0 Å². The van der Waals surface area contributed by atoms with E-state index in [0.717, 1.165) is 12.2 Å². The molecule has 0 N–H and O–H groups in total. The van der Waals surface area contributed by atoms with Crippen molar-refractivity contribution in [3.05, 3.63) is 42.1 Å². The molecule has 0 aliphatic rings. The summed E-state index contributed by atoms with van der Waals surface area (Å²) in [7, 11) is 0. The molecular formula is C15H20N2. The minimum atomic E-state index is 0.210. The summed E-state index contributed by atoms with van der Waals surface area (Å²) < 4.78 is 1.95. The molecule has 0 fully saturated rings. The van der Waals surface area contributed by atoms with Gasteiger partial charge in [0.15, 0.2) is 0 Å². The van der Waals surface area contributed by atoms with E-state index in [0.29, 0.717) is 0 Å². The predicted molar refractivity (Wildman–Crippen MR) is 72.0 cm³/mol. The van der Waals surface area contributed by atoms with Gasteiger partial charge in [0, 0.05) is 18.3 Å². The molecule has 90 valence electrons. The van der Waals surface area contributed by atoms with Gasteiger partial charge in [-0.1, -0.05) is 45.0 Å². The van der Waals surface area contributed by atoms with E-state index in [2.05, 4.69) is 63.1 Å². The fourth-order valence-electron chi connectivity index (χ4n) is 1.83. The topological polar surface area (TPSA) is 17.8 Å². The number of hydrogen-bond acceptors (Lipinski definition) is 1. The maximum absolute atomic E-state index is 4.51. The van der Waals surface area contributed by atoms with Crippen LogP contribution >= 0.6 is 0 Å². The van der Waals surface area contributed by atoms with Crippen LogP contribution in [0.5, 0.6) is 0 Å². The Morgan fingerprint density at radius 2 is 1.71 bits per heavy atom. The Balaban J connectivity index is 2.29. The van der Waals surface area contributed by atoms with Gasteiger partial charge in [-0.05, 0) is 24.0 Å². The van der Waals surface area contributed by atoms with Gasteiger partial charge in [0.25, 0.3) is 0 Å². The molecule has 2 heteroatoms. The second-order valence-corrected chi connectivity index (χ2v) is 5.38. The molecule has 0 saturated carbocycles. The second-order valence-electron chi connectivity index (χ2n) is 5.38. The van der Waals surface area contributed by atoms with E-state index < -0.39 is 0 Å². The van der Waals surface area contributed by atoms with E-state index in [-0.39, 0.29) is 5.41 Å². The molecule has 0 spiro atoms. The lowest BCUT2D eigenvalue weighted by molar-refractivity contribution is 0.590.